The van der Waals surface area contributed by atoms with Gasteiger partial charge >= 0.3 is 0 Å². The molecule has 1 atom stereocenters. The molecule has 1 aromatic carbocycles. The average molecular weight is 481 g/mol. The van der Waals surface area contributed by atoms with Crippen molar-refractivity contribution in [3.8, 4) is 28.6 Å². The van der Waals surface area contributed by atoms with Crippen LogP contribution in [0.1, 0.15) is 50.8 Å². The molecule has 35 heavy (non-hydrogen) atoms. The lowest BCUT2D eigenvalue weighted by Gasteiger charge is -2.22. The van der Waals surface area contributed by atoms with Gasteiger partial charge in [-0.3, -0.25) is 4.79 Å². The first-order valence-electron chi connectivity index (χ1n) is 11.6. The molecule has 3 aromatic heterocycles. The molecule has 4 aromatic rings. The zero-order valence-corrected chi connectivity index (χ0v) is 20.8. The van der Waals surface area contributed by atoms with E-state index in [1.807, 2.05) is 45.9 Å². The number of aryl methyl sites for hydroxylation is 1. The SMILES string of the molecule is COc1cc(-c2noc(-c3cnn4c(C(CCN)CCOC(C)(C)C)cc(=O)[nH]c34)n2)ccc1C. The molecule has 0 aliphatic heterocycles. The fourth-order valence-corrected chi connectivity index (χ4v) is 4.02. The quantitative estimate of drug-likeness (QED) is 0.370. The Morgan fingerprint density at radius 1 is 1.23 bits per heavy atom. The first-order valence-corrected chi connectivity index (χ1v) is 11.6. The molecule has 4 rings (SSSR count). The van der Waals surface area contributed by atoms with Crippen molar-refractivity contribution < 1.29 is 14.0 Å². The number of aromatic amines is 1. The van der Waals surface area contributed by atoms with Gasteiger partial charge in [-0.1, -0.05) is 17.3 Å². The number of aromatic nitrogens is 5. The van der Waals surface area contributed by atoms with Gasteiger partial charge in [0.25, 0.3) is 11.4 Å². The van der Waals surface area contributed by atoms with E-state index < -0.39 is 0 Å². The van der Waals surface area contributed by atoms with Gasteiger partial charge in [0.15, 0.2) is 0 Å². The van der Waals surface area contributed by atoms with Crippen LogP contribution in [0.5, 0.6) is 5.75 Å². The van der Waals surface area contributed by atoms with Gasteiger partial charge in [-0.15, -0.1) is 0 Å². The lowest BCUT2D eigenvalue weighted by Crippen LogP contribution is -2.23. The number of rotatable bonds is 9. The molecule has 186 valence electrons. The lowest BCUT2D eigenvalue weighted by molar-refractivity contribution is -0.00660. The first-order chi connectivity index (χ1) is 16.7. The topological polar surface area (TPSA) is 134 Å². The van der Waals surface area contributed by atoms with E-state index >= 15 is 0 Å². The average Bonchev–Trinajstić information content (AvgIpc) is 3.45. The Morgan fingerprint density at radius 3 is 2.74 bits per heavy atom. The molecular formula is C25H32N6O4. The highest BCUT2D eigenvalue weighted by molar-refractivity contribution is 5.72. The lowest BCUT2D eigenvalue weighted by atomic mass is 9.97. The van der Waals surface area contributed by atoms with Crippen LogP contribution in [0.4, 0.5) is 0 Å². The highest BCUT2D eigenvalue weighted by Crippen LogP contribution is 2.30. The predicted molar refractivity (Wildman–Crippen MR) is 133 cm³/mol. The summed E-state index contributed by atoms with van der Waals surface area (Å²) in [7, 11) is 1.62. The Hall–Kier alpha value is -3.50. The summed E-state index contributed by atoms with van der Waals surface area (Å²) in [6.07, 6.45) is 3.02. The van der Waals surface area contributed by atoms with Crippen molar-refractivity contribution in [3.05, 3.63) is 52.1 Å². The molecule has 0 spiro atoms. The van der Waals surface area contributed by atoms with Gasteiger partial charge in [-0.2, -0.15) is 10.1 Å². The van der Waals surface area contributed by atoms with E-state index in [9.17, 15) is 4.79 Å². The standard InChI is InChI=1S/C25H32N6O4/c1-15-6-7-17(12-20(15)33-5)22-29-24(35-30-22)18-14-27-31-19(13-21(32)28-23(18)31)16(8-10-26)9-11-34-25(2,3)4/h6-7,12-14,16H,8-11,26H2,1-5H3,(H,28,32). The minimum Gasteiger partial charge on any atom is -0.496 e. The molecule has 0 amide bonds. The third kappa shape index (κ3) is 5.44. The van der Waals surface area contributed by atoms with Crippen LogP contribution < -0.4 is 16.0 Å². The van der Waals surface area contributed by atoms with Crippen molar-refractivity contribution in [2.75, 3.05) is 20.3 Å². The number of methoxy groups -OCH3 is 1. The molecule has 0 aliphatic carbocycles. The monoisotopic (exact) mass is 480 g/mol. The van der Waals surface area contributed by atoms with E-state index in [-0.39, 0.29) is 23.0 Å². The van der Waals surface area contributed by atoms with E-state index in [1.54, 1.807) is 23.9 Å². The summed E-state index contributed by atoms with van der Waals surface area (Å²) >= 11 is 0. The zero-order valence-electron chi connectivity index (χ0n) is 20.8. The van der Waals surface area contributed by atoms with Crippen LogP contribution in [0.3, 0.4) is 0 Å². The second kappa shape index (κ2) is 10.0. The number of fused-ring (bicyclic) bond motifs is 1. The number of hydrogen-bond donors (Lipinski definition) is 2. The Balaban J connectivity index is 1.69. The number of nitrogens with two attached hydrogens (primary N) is 1. The third-order valence-electron chi connectivity index (χ3n) is 5.79. The van der Waals surface area contributed by atoms with E-state index in [1.165, 1.54) is 0 Å². The van der Waals surface area contributed by atoms with E-state index in [0.717, 1.165) is 22.6 Å². The van der Waals surface area contributed by atoms with Gasteiger partial charge in [0.05, 0.1) is 24.6 Å². The van der Waals surface area contributed by atoms with Crippen LogP contribution in [-0.4, -0.2) is 50.6 Å². The predicted octanol–water partition coefficient (Wildman–Crippen LogP) is 3.69. The van der Waals surface area contributed by atoms with Crippen molar-refractivity contribution in [3.63, 3.8) is 0 Å². The summed E-state index contributed by atoms with van der Waals surface area (Å²) in [6, 6.07) is 7.26. The second-order valence-corrected chi connectivity index (χ2v) is 9.51. The number of H-pyrrole nitrogens is 1. The fourth-order valence-electron chi connectivity index (χ4n) is 4.02. The molecule has 0 fully saturated rings. The highest BCUT2D eigenvalue weighted by atomic mass is 16.5. The van der Waals surface area contributed by atoms with E-state index in [4.69, 9.17) is 19.7 Å². The van der Waals surface area contributed by atoms with E-state index in [0.29, 0.717) is 43.0 Å². The maximum atomic E-state index is 12.6. The third-order valence-corrected chi connectivity index (χ3v) is 5.79. The maximum absolute atomic E-state index is 12.6. The Labute approximate surface area is 203 Å². The van der Waals surface area contributed by atoms with Crippen LogP contribution in [-0.2, 0) is 4.74 Å². The van der Waals surface area contributed by atoms with Crippen molar-refractivity contribution in [1.82, 2.24) is 24.7 Å². The minimum atomic E-state index is -0.243. The zero-order chi connectivity index (χ0) is 25.2. The molecule has 0 radical (unpaired) electrons. The fraction of sp³-hybridized carbons (Fsp3) is 0.440. The van der Waals surface area contributed by atoms with Gasteiger partial charge in [0, 0.05) is 24.2 Å². The smallest absolute Gasteiger partial charge is 0.263 e. The van der Waals surface area contributed by atoms with Gasteiger partial charge < -0.3 is 24.7 Å². The van der Waals surface area contributed by atoms with Crippen molar-refractivity contribution in [2.24, 2.45) is 5.73 Å². The summed E-state index contributed by atoms with van der Waals surface area (Å²) in [6.45, 7) is 9.04. The molecule has 0 saturated heterocycles. The van der Waals surface area contributed by atoms with Gasteiger partial charge in [-0.05, 0) is 58.7 Å². The first kappa shape index (κ1) is 24.6. The molecule has 0 aliphatic rings. The number of benzene rings is 1. The molecule has 3 heterocycles. The molecule has 1 unspecified atom stereocenters. The van der Waals surface area contributed by atoms with Crippen molar-refractivity contribution in [2.45, 2.75) is 52.1 Å². The Bertz CT molecular complexity index is 1360. The molecule has 0 saturated carbocycles. The molecule has 10 heteroatoms. The summed E-state index contributed by atoms with van der Waals surface area (Å²) in [5.41, 5.74) is 8.97. The van der Waals surface area contributed by atoms with Crippen LogP contribution in [0.15, 0.2) is 39.8 Å². The molecular weight excluding hydrogens is 448 g/mol. The van der Waals surface area contributed by atoms with Gasteiger partial charge in [0.2, 0.25) is 5.82 Å². The van der Waals surface area contributed by atoms with Crippen LogP contribution in [0, 0.1) is 6.92 Å². The number of ether oxygens (including phenoxy) is 2. The Morgan fingerprint density at radius 2 is 2.03 bits per heavy atom. The van der Waals surface area contributed by atoms with Gasteiger partial charge in [0.1, 0.15) is 17.0 Å². The maximum Gasteiger partial charge on any atom is 0.263 e. The second-order valence-electron chi connectivity index (χ2n) is 9.51. The number of hydrogen-bond acceptors (Lipinski definition) is 8. The normalized spacial score (nSPS) is 12.9. The summed E-state index contributed by atoms with van der Waals surface area (Å²) in [5.74, 6) is 1.41. The summed E-state index contributed by atoms with van der Waals surface area (Å²) in [5, 5.41) is 8.66. The summed E-state index contributed by atoms with van der Waals surface area (Å²) < 4.78 is 18.6. The molecule has 3 N–H and O–H groups in total. The van der Waals surface area contributed by atoms with E-state index in [2.05, 4.69) is 20.2 Å². The minimum absolute atomic E-state index is 0.00169. The number of nitrogens with zero attached hydrogens (tertiary/aromatic N) is 4. The molecule has 10 nitrogen and oxygen atoms in total. The van der Waals surface area contributed by atoms with Crippen LogP contribution in [0.2, 0.25) is 0 Å². The number of nitrogens with one attached hydrogen (secondary N) is 1. The van der Waals surface area contributed by atoms with Gasteiger partial charge in [-0.25, -0.2) is 4.52 Å². The largest absolute Gasteiger partial charge is 0.496 e. The van der Waals surface area contributed by atoms with Crippen LogP contribution in [0.25, 0.3) is 28.5 Å². The Kier molecular flexibility index (Phi) is 7.04. The molecule has 0 bridgehead atoms. The van der Waals surface area contributed by atoms with Crippen molar-refractivity contribution >= 4 is 5.65 Å². The summed E-state index contributed by atoms with van der Waals surface area (Å²) in [4.78, 5) is 20.0. The highest BCUT2D eigenvalue weighted by Gasteiger charge is 2.22. The van der Waals surface area contributed by atoms with Crippen molar-refractivity contribution in [1.29, 1.82) is 0 Å². The van der Waals surface area contributed by atoms with Crippen LogP contribution >= 0.6 is 0 Å².